The van der Waals surface area contributed by atoms with Crippen molar-refractivity contribution in [1.29, 1.82) is 5.26 Å². The van der Waals surface area contributed by atoms with Gasteiger partial charge in [0.1, 0.15) is 12.4 Å². The van der Waals surface area contributed by atoms with Crippen LogP contribution in [0.15, 0.2) is 71.9 Å². The molecule has 2 aromatic carbocycles. The Kier molecular flexibility index (Phi) is 8.35. The summed E-state index contributed by atoms with van der Waals surface area (Å²) in [5.41, 5.74) is 3.59. The highest BCUT2D eigenvalue weighted by atomic mass is 32.2. The van der Waals surface area contributed by atoms with E-state index in [4.69, 9.17) is 9.47 Å². The molecule has 1 aliphatic carbocycles. The molecule has 0 radical (unpaired) electrons. The second kappa shape index (κ2) is 12.1. The molecule has 3 heterocycles. The van der Waals surface area contributed by atoms with E-state index in [-0.39, 0.29) is 35.5 Å². The highest BCUT2D eigenvalue weighted by Crippen LogP contribution is 2.59. The highest BCUT2D eigenvalue weighted by Gasteiger charge is 2.60. The van der Waals surface area contributed by atoms with E-state index < -0.39 is 23.5 Å². The van der Waals surface area contributed by atoms with E-state index in [2.05, 4.69) is 35.7 Å². The van der Waals surface area contributed by atoms with Gasteiger partial charge in [-0.3, -0.25) is 9.78 Å². The molecule has 0 atom stereocenters. The van der Waals surface area contributed by atoms with Crippen LogP contribution >= 0.6 is 0 Å². The van der Waals surface area contributed by atoms with Crippen LogP contribution in [0, 0.1) is 11.3 Å². The van der Waals surface area contributed by atoms with Crippen LogP contribution in [-0.2, 0) is 25.0 Å². The SMILES string of the molecule is COc1ncc(-c2ccc3ncc4c(c3c2)C2(CC2)C(=O)N4CCC#N)cc1N(COCC[Si](C)(C)C)S(=O)(=O)c1ccccc1. The normalized spacial score (nSPS) is 15.2. The van der Waals surface area contributed by atoms with Crippen LogP contribution in [0.5, 0.6) is 5.88 Å². The van der Waals surface area contributed by atoms with Crippen LogP contribution in [0.2, 0.25) is 25.7 Å². The van der Waals surface area contributed by atoms with E-state index in [0.29, 0.717) is 18.7 Å². The lowest BCUT2D eigenvalue weighted by molar-refractivity contribution is -0.120. The number of anilines is 2. The molecule has 2 aliphatic rings. The molecule has 1 saturated carbocycles. The molecule has 6 rings (SSSR count). The summed E-state index contributed by atoms with van der Waals surface area (Å²) in [5.74, 6) is 0.179. The Hall–Kier alpha value is -4.31. The zero-order valence-corrected chi connectivity index (χ0v) is 28.3. The summed E-state index contributed by atoms with van der Waals surface area (Å²) in [6.45, 7) is 7.27. The largest absolute Gasteiger partial charge is 0.479 e. The molecule has 1 spiro atoms. The lowest BCUT2D eigenvalue weighted by Gasteiger charge is -2.26. The van der Waals surface area contributed by atoms with Crippen molar-refractivity contribution in [2.45, 2.75) is 55.3 Å². The molecule has 0 bridgehead atoms. The van der Waals surface area contributed by atoms with Gasteiger partial charge in [0.05, 0.1) is 47.3 Å². The van der Waals surface area contributed by atoms with Crippen LogP contribution in [0.1, 0.15) is 24.8 Å². The Morgan fingerprint density at radius 1 is 1.04 bits per heavy atom. The number of carbonyl (C=O) groups is 1. The van der Waals surface area contributed by atoms with Crippen molar-refractivity contribution in [2.75, 3.05) is 36.2 Å². The molecule has 0 saturated heterocycles. The quantitative estimate of drug-likeness (QED) is 0.102. The zero-order chi connectivity index (χ0) is 32.7. The second-order valence-corrected chi connectivity index (χ2v) is 20.4. The molecule has 4 aromatic rings. The van der Waals surface area contributed by atoms with E-state index in [9.17, 15) is 18.5 Å². The maximum absolute atomic E-state index is 14.1. The number of hydrogen-bond acceptors (Lipinski definition) is 8. The van der Waals surface area contributed by atoms with Crippen molar-refractivity contribution in [3.05, 3.63) is 72.6 Å². The number of aromatic nitrogens is 2. The molecule has 238 valence electrons. The second-order valence-electron chi connectivity index (χ2n) is 13.0. The molecular weight excluding hydrogens is 619 g/mol. The molecule has 0 unspecified atom stereocenters. The van der Waals surface area contributed by atoms with Gasteiger partial charge in [-0.05, 0) is 54.8 Å². The zero-order valence-electron chi connectivity index (χ0n) is 26.5. The number of nitrogens with zero attached hydrogens (tertiary/aromatic N) is 5. The predicted octanol–water partition coefficient (Wildman–Crippen LogP) is 6.10. The molecule has 1 fully saturated rings. The Morgan fingerprint density at radius 3 is 2.48 bits per heavy atom. The lowest BCUT2D eigenvalue weighted by atomic mass is 9.92. The number of carbonyl (C=O) groups excluding carboxylic acids is 1. The Morgan fingerprint density at radius 2 is 1.80 bits per heavy atom. The molecule has 2 aromatic heterocycles. The number of pyridine rings is 2. The van der Waals surface area contributed by atoms with Gasteiger partial charge in [-0.1, -0.05) is 43.9 Å². The van der Waals surface area contributed by atoms with E-state index in [1.165, 1.54) is 11.4 Å². The number of rotatable bonds is 12. The third-order valence-electron chi connectivity index (χ3n) is 8.63. The Balaban J connectivity index is 1.44. The van der Waals surface area contributed by atoms with Crippen LogP contribution in [0.4, 0.5) is 11.4 Å². The highest BCUT2D eigenvalue weighted by molar-refractivity contribution is 7.92. The number of hydrogen-bond donors (Lipinski definition) is 0. The molecule has 1 amide bonds. The summed E-state index contributed by atoms with van der Waals surface area (Å²) in [5, 5.41) is 10.0. The topological polar surface area (TPSA) is 126 Å². The summed E-state index contributed by atoms with van der Waals surface area (Å²) in [6.07, 6.45) is 5.13. The summed E-state index contributed by atoms with van der Waals surface area (Å²) < 4.78 is 40.9. The first-order valence-electron chi connectivity index (χ1n) is 15.3. The first-order chi connectivity index (χ1) is 22.0. The van der Waals surface area contributed by atoms with Crippen LogP contribution in [0.3, 0.4) is 0 Å². The van der Waals surface area contributed by atoms with Gasteiger partial charge in [0.15, 0.2) is 0 Å². The smallest absolute Gasteiger partial charge is 0.266 e. The minimum absolute atomic E-state index is 0.0294. The summed E-state index contributed by atoms with van der Waals surface area (Å²) >= 11 is 0. The minimum Gasteiger partial charge on any atom is -0.479 e. The number of fused-ring (bicyclic) bond motifs is 4. The molecule has 12 heteroatoms. The molecular formula is C34H37N5O5SSi. The van der Waals surface area contributed by atoms with Gasteiger partial charge in [0.2, 0.25) is 11.8 Å². The van der Waals surface area contributed by atoms with Gasteiger partial charge < -0.3 is 14.4 Å². The van der Waals surface area contributed by atoms with Crippen molar-refractivity contribution in [3.8, 4) is 23.1 Å². The average Bonchev–Trinajstić information content (AvgIpc) is 3.81. The first-order valence-corrected chi connectivity index (χ1v) is 20.5. The Labute approximate surface area is 270 Å². The number of nitriles is 1. The molecule has 46 heavy (non-hydrogen) atoms. The first kappa shape index (κ1) is 31.7. The van der Waals surface area contributed by atoms with E-state index in [0.717, 1.165) is 46.6 Å². The van der Waals surface area contributed by atoms with Crippen molar-refractivity contribution in [2.24, 2.45) is 0 Å². The average molecular weight is 656 g/mol. The van der Waals surface area contributed by atoms with Crippen LogP contribution in [-0.4, -0.2) is 59.4 Å². The van der Waals surface area contributed by atoms with Crippen LogP contribution < -0.4 is 13.9 Å². The summed E-state index contributed by atoms with van der Waals surface area (Å²) in [6, 6.07) is 18.8. The van der Waals surface area contributed by atoms with E-state index >= 15 is 0 Å². The number of benzene rings is 2. The van der Waals surface area contributed by atoms with E-state index in [1.54, 1.807) is 53.7 Å². The van der Waals surface area contributed by atoms with Gasteiger partial charge in [-0.15, -0.1) is 0 Å². The molecule has 1 aliphatic heterocycles. The Bertz CT molecular complexity index is 1950. The van der Waals surface area contributed by atoms with Gasteiger partial charge in [0.25, 0.3) is 10.0 Å². The maximum atomic E-state index is 14.1. The minimum atomic E-state index is -4.05. The van der Waals surface area contributed by atoms with Crippen molar-refractivity contribution in [1.82, 2.24) is 9.97 Å². The number of methoxy groups -OCH3 is 1. The lowest BCUT2D eigenvalue weighted by Crippen LogP contribution is -2.34. The van der Waals surface area contributed by atoms with Crippen molar-refractivity contribution >= 4 is 46.3 Å². The van der Waals surface area contributed by atoms with Gasteiger partial charge in [0, 0.05) is 43.9 Å². The van der Waals surface area contributed by atoms with Gasteiger partial charge in [-0.2, -0.15) is 5.26 Å². The third kappa shape index (κ3) is 5.74. The fourth-order valence-corrected chi connectivity index (χ4v) is 8.08. The summed E-state index contributed by atoms with van der Waals surface area (Å²) in [4.78, 5) is 24.5. The number of sulfonamides is 1. The maximum Gasteiger partial charge on any atom is 0.266 e. The van der Waals surface area contributed by atoms with Crippen LogP contribution in [0.25, 0.3) is 22.0 Å². The number of ether oxygens (including phenoxy) is 2. The monoisotopic (exact) mass is 655 g/mol. The van der Waals surface area contributed by atoms with Crippen molar-refractivity contribution < 1.29 is 22.7 Å². The van der Waals surface area contributed by atoms with E-state index in [1.807, 2.05) is 18.2 Å². The molecule has 10 nitrogen and oxygen atoms in total. The predicted molar refractivity (Wildman–Crippen MR) is 180 cm³/mol. The molecule has 0 N–H and O–H groups in total. The van der Waals surface area contributed by atoms with Gasteiger partial charge >= 0.3 is 0 Å². The number of amides is 1. The third-order valence-corrected chi connectivity index (χ3v) is 12.1. The fourth-order valence-electron chi connectivity index (χ4n) is 5.96. The fraction of sp³-hybridized carbons (Fsp3) is 0.353. The standard InChI is InChI=1S/C34H37N5O5SSi/c1-43-32-29(39(23-44-17-18-46(2,3)4)45(41,42)26-9-6-5-7-10-26)20-25(21-37-32)24-11-12-28-27(19-24)31-30(22-36-28)38(16-8-15-35)33(40)34(31)13-14-34/h5-7,9-12,19-22H,8,13-14,16-18,23H2,1-4H3. The van der Waals surface area contributed by atoms with Crippen molar-refractivity contribution in [3.63, 3.8) is 0 Å². The van der Waals surface area contributed by atoms with Gasteiger partial charge in [-0.25, -0.2) is 17.7 Å². The summed E-state index contributed by atoms with van der Waals surface area (Å²) in [7, 11) is -4.00.